The molecule has 1 amide bonds. The number of ether oxygens (including phenoxy) is 1. The van der Waals surface area contributed by atoms with Crippen molar-refractivity contribution in [1.29, 1.82) is 0 Å². The fourth-order valence-corrected chi connectivity index (χ4v) is 4.48. The average molecular weight is 439 g/mol. The number of pyridine rings is 1. The maximum atomic E-state index is 12.6. The van der Waals surface area contributed by atoms with Gasteiger partial charge in [0.1, 0.15) is 16.1 Å². The summed E-state index contributed by atoms with van der Waals surface area (Å²) < 4.78 is 5.54. The molecule has 0 spiro atoms. The van der Waals surface area contributed by atoms with Crippen molar-refractivity contribution in [3.63, 3.8) is 0 Å². The Morgan fingerprint density at radius 1 is 1.06 bits per heavy atom. The number of ketones is 1. The fraction of sp³-hybridized carbons (Fsp3) is 0.391. The Morgan fingerprint density at radius 2 is 1.84 bits per heavy atom. The Labute approximate surface area is 185 Å². The lowest BCUT2D eigenvalue weighted by Crippen LogP contribution is -2.48. The molecule has 8 heteroatoms. The number of hydrogen-bond acceptors (Lipinski definition) is 7. The molecule has 4 rings (SSSR count). The molecule has 1 aliphatic heterocycles. The van der Waals surface area contributed by atoms with E-state index in [4.69, 9.17) is 4.74 Å². The maximum absolute atomic E-state index is 12.6. The van der Waals surface area contributed by atoms with Crippen molar-refractivity contribution in [2.45, 2.75) is 26.2 Å². The number of anilines is 1. The van der Waals surface area contributed by atoms with Gasteiger partial charge in [0.05, 0.1) is 6.61 Å². The van der Waals surface area contributed by atoms with E-state index in [1.807, 2.05) is 36.1 Å². The first-order chi connectivity index (χ1) is 15.1. The molecular formula is C23H26N4O3S. The highest BCUT2D eigenvalue weighted by Gasteiger charge is 2.23. The van der Waals surface area contributed by atoms with Crippen LogP contribution in [0.4, 0.5) is 5.13 Å². The summed E-state index contributed by atoms with van der Waals surface area (Å²) in [6.45, 7) is 5.45. The number of carbonyl (C=O) groups excluding carboxylic acids is 2. The zero-order chi connectivity index (χ0) is 21.6. The highest BCUT2D eigenvalue weighted by molar-refractivity contribution is 7.21. The van der Waals surface area contributed by atoms with Crippen LogP contribution < -0.4 is 9.64 Å². The van der Waals surface area contributed by atoms with Gasteiger partial charge in [-0.05, 0) is 42.8 Å². The molecule has 0 bridgehead atoms. The lowest BCUT2D eigenvalue weighted by molar-refractivity contribution is -0.131. The van der Waals surface area contributed by atoms with Gasteiger partial charge in [0.15, 0.2) is 10.9 Å². The quantitative estimate of drug-likeness (QED) is 0.498. The molecule has 0 saturated carbocycles. The Kier molecular flexibility index (Phi) is 6.76. The van der Waals surface area contributed by atoms with E-state index in [1.54, 1.807) is 29.7 Å². The standard InChI is InChI=1S/C23H26N4O3S/c1-2-16-30-18-7-5-17(6-8-18)20(28)9-10-21(29)26-12-14-27(15-13-26)23-25-19-4-3-11-24-22(19)31-23/h3-8,11H,2,9-10,12-16H2,1H3. The van der Waals surface area contributed by atoms with Crippen LogP contribution in [0.25, 0.3) is 10.3 Å². The van der Waals surface area contributed by atoms with Gasteiger partial charge in [-0.1, -0.05) is 18.3 Å². The zero-order valence-electron chi connectivity index (χ0n) is 17.6. The summed E-state index contributed by atoms with van der Waals surface area (Å²) in [5, 5.41) is 0.947. The van der Waals surface area contributed by atoms with Crippen molar-refractivity contribution in [3.8, 4) is 5.75 Å². The third-order valence-electron chi connectivity index (χ3n) is 5.27. The molecule has 162 valence electrons. The maximum Gasteiger partial charge on any atom is 0.223 e. The van der Waals surface area contributed by atoms with Crippen molar-refractivity contribution in [1.82, 2.24) is 14.9 Å². The number of aromatic nitrogens is 2. The second kappa shape index (κ2) is 9.87. The summed E-state index contributed by atoms with van der Waals surface area (Å²) >= 11 is 1.58. The molecule has 3 heterocycles. The van der Waals surface area contributed by atoms with Crippen molar-refractivity contribution >= 4 is 38.5 Å². The average Bonchev–Trinajstić information content (AvgIpc) is 3.26. The molecule has 1 saturated heterocycles. The Balaban J connectivity index is 1.24. The van der Waals surface area contributed by atoms with Gasteiger partial charge in [0.25, 0.3) is 0 Å². The number of fused-ring (bicyclic) bond motifs is 1. The third-order valence-corrected chi connectivity index (χ3v) is 6.31. The van der Waals surface area contributed by atoms with Crippen molar-refractivity contribution in [2.24, 2.45) is 0 Å². The summed E-state index contributed by atoms with van der Waals surface area (Å²) in [5.74, 6) is 0.772. The highest BCUT2D eigenvalue weighted by Crippen LogP contribution is 2.27. The number of Topliss-reactive ketones (excluding diaryl/α,β-unsaturated/α-hetero) is 1. The lowest BCUT2D eigenvalue weighted by atomic mass is 10.1. The summed E-state index contributed by atoms with van der Waals surface area (Å²) in [6, 6.07) is 11.0. The van der Waals surface area contributed by atoms with Gasteiger partial charge in [0.2, 0.25) is 5.91 Å². The van der Waals surface area contributed by atoms with Gasteiger partial charge in [-0.2, -0.15) is 0 Å². The first-order valence-electron chi connectivity index (χ1n) is 10.6. The van der Waals surface area contributed by atoms with E-state index in [0.717, 1.165) is 40.7 Å². The number of piperazine rings is 1. The molecule has 7 nitrogen and oxygen atoms in total. The van der Waals surface area contributed by atoms with E-state index in [-0.39, 0.29) is 24.5 Å². The summed E-state index contributed by atoms with van der Waals surface area (Å²) in [6.07, 6.45) is 3.17. The van der Waals surface area contributed by atoms with Crippen LogP contribution in [-0.2, 0) is 4.79 Å². The molecule has 0 unspecified atom stereocenters. The van der Waals surface area contributed by atoms with Crippen LogP contribution in [-0.4, -0.2) is 59.3 Å². The number of carbonyl (C=O) groups is 2. The molecule has 1 aromatic carbocycles. The first kappa shape index (κ1) is 21.2. The molecule has 1 aliphatic rings. The fourth-order valence-electron chi connectivity index (χ4n) is 3.52. The predicted octanol–water partition coefficient (Wildman–Crippen LogP) is 3.79. The third kappa shape index (κ3) is 5.19. The van der Waals surface area contributed by atoms with Crippen LogP contribution in [0.15, 0.2) is 42.6 Å². The van der Waals surface area contributed by atoms with Gasteiger partial charge in [0, 0.05) is 50.8 Å². The Bertz CT molecular complexity index is 1010. The van der Waals surface area contributed by atoms with Crippen LogP contribution in [0.3, 0.4) is 0 Å². The molecule has 0 aliphatic carbocycles. The largest absolute Gasteiger partial charge is 0.494 e. The van der Waals surface area contributed by atoms with E-state index >= 15 is 0 Å². The molecule has 2 aromatic heterocycles. The summed E-state index contributed by atoms with van der Waals surface area (Å²) in [4.78, 5) is 39.0. The van der Waals surface area contributed by atoms with Crippen LogP contribution in [0.1, 0.15) is 36.5 Å². The minimum Gasteiger partial charge on any atom is -0.494 e. The number of thiazole rings is 1. The monoisotopic (exact) mass is 438 g/mol. The molecule has 0 N–H and O–H groups in total. The summed E-state index contributed by atoms with van der Waals surface area (Å²) in [7, 11) is 0. The van der Waals surface area contributed by atoms with Gasteiger partial charge in [-0.3, -0.25) is 9.59 Å². The SMILES string of the molecule is CCCOc1ccc(C(=O)CCC(=O)N2CCN(c3nc4cccnc4s3)CC2)cc1. The normalized spacial score (nSPS) is 14.1. The molecule has 31 heavy (non-hydrogen) atoms. The zero-order valence-corrected chi connectivity index (χ0v) is 18.4. The minimum atomic E-state index is -0.0176. The minimum absolute atomic E-state index is 0.0176. The van der Waals surface area contributed by atoms with Gasteiger partial charge < -0.3 is 14.5 Å². The second-order valence-electron chi connectivity index (χ2n) is 7.49. The van der Waals surface area contributed by atoms with Gasteiger partial charge in [-0.25, -0.2) is 9.97 Å². The molecule has 1 fully saturated rings. The lowest BCUT2D eigenvalue weighted by Gasteiger charge is -2.34. The van der Waals surface area contributed by atoms with E-state index in [2.05, 4.69) is 14.9 Å². The Morgan fingerprint density at radius 3 is 2.55 bits per heavy atom. The van der Waals surface area contributed by atoms with E-state index in [9.17, 15) is 9.59 Å². The summed E-state index contributed by atoms with van der Waals surface area (Å²) in [5.41, 5.74) is 1.52. The predicted molar refractivity (Wildman–Crippen MR) is 122 cm³/mol. The van der Waals surface area contributed by atoms with Crippen molar-refractivity contribution in [2.75, 3.05) is 37.7 Å². The van der Waals surface area contributed by atoms with E-state index in [1.165, 1.54) is 0 Å². The second-order valence-corrected chi connectivity index (χ2v) is 8.44. The van der Waals surface area contributed by atoms with Gasteiger partial charge in [-0.15, -0.1) is 0 Å². The Hall–Kier alpha value is -3.00. The molecule has 3 aromatic rings. The first-order valence-corrected chi connectivity index (χ1v) is 11.5. The van der Waals surface area contributed by atoms with Gasteiger partial charge >= 0.3 is 0 Å². The van der Waals surface area contributed by atoms with Crippen LogP contribution in [0.5, 0.6) is 5.75 Å². The highest BCUT2D eigenvalue weighted by atomic mass is 32.1. The van der Waals surface area contributed by atoms with E-state index in [0.29, 0.717) is 25.3 Å². The number of benzene rings is 1. The number of hydrogen-bond donors (Lipinski definition) is 0. The van der Waals surface area contributed by atoms with Crippen LogP contribution in [0.2, 0.25) is 0 Å². The molecule has 0 atom stereocenters. The molecular weight excluding hydrogens is 412 g/mol. The number of nitrogens with zero attached hydrogens (tertiary/aromatic N) is 4. The van der Waals surface area contributed by atoms with Crippen molar-refractivity contribution < 1.29 is 14.3 Å². The van der Waals surface area contributed by atoms with Crippen molar-refractivity contribution in [3.05, 3.63) is 48.2 Å². The smallest absolute Gasteiger partial charge is 0.223 e. The topological polar surface area (TPSA) is 75.6 Å². The number of rotatable bonds is 8. The number of amides is 1. The molecule has 0 radical (unpaired) electrons. The van der Waals surface area contributed by atoms with E-state index < -0.39 is 0 Å². The van der Waals surface area contributed by atoms with Crippen LogP contribution >= 0.6 is 11.3 Å². The van der Waals surface area contributed by atoms with Crippen LogP contribution in [0, 0.1) is 0 Å².